The minimum atomic E-state index is -0.397. The van der Waals surface area contributed by atoms with E-state index in [-0.39, 0.29) is 23.2 Å². The summed E-state index contributed by atoms with van der Waals surface area (Å²) in [6.07, 6.45) is 2.56. The van der Waals surface area contributed by atoms with Crippen LogP contribution in [0.15, 0.2) is 18.2 Å². The Hall–Kier alpha value is -1.86. The largest absolute Gasteiger partial charge is 0.494 e. The predicted octanol–water partition coefficient (Wildman–Crippen LogP) is 3.57. The number of carbonyl (C=O) groups excluding carboxylic acids is 1. The highest BCUT2D eigenvalue weighted by atomic mass is 16.7. The summed E-state index contributed by atoms with van der Waals surface area (Å²) in [5.74, 6) is 1.46. The number of nitrogens with one attached hydrogen (secondary N) is 1. The van der Waals surface area contributed by atoms with Gasteiger partial charge in [-0.2, -0.15) is 0 Å². The van der Waals surface area contributed by atoms with E-state index in [4.69, 9.17) is 14.3 Å². The molecule has 156 valence electrons. The van der Waals surface area contributed by atoms with Crippen molar-refractivity contribution in [1.29, 1.82) is 0 Å². The van der Waals surface area contributed by atoms with Crippen LogP contribution >= 0.6 is 0 Å². The zero-order valence-electron chi connectivity index (χ0n) is 18.4. The van der Waals surface area contributed by atoms with E-state index in [1.165, 1.54) is 0 Å². The molecule has 2 fully saturated rings. The van der Waals surface area contributed by atoms with E-state index < -0.39 is 7.12 Å². The van der Waals surface area contributed by atoms with E-state index in [1.807, 2.05) is 17.0 Å². The van der Waals surface area contributed by atoms with Crippen LogP contribution in [-0.4, -0.2) is 45.6 Å². The lowest BCUT2D eigenvalue weighted by Crippen LogP contribution is -2.41. The summed E-state index contributed by atoms with van der Waals surface area (Å²) in [6.45, 7) is 13.2. The van der Waals surface area contributed by atoms with Crippen LogP contribution in [0.2, 0.25) is 0 Å². The fourth-order valence-corrected chi connectivity index (χ4v) is 4.15. The van der Waals surface area contributed by atoms with Crippen LogP contribution in [-0.2, 0) is 14.1 Å². The van der Waals surface area contributed by atoms with Gasteiger partial charge >= 0.3 is 7.12 Å². The average molecular weight is 397 g/mol. The number of amides is 1. The minimum Gasteiger partial charge on any atom is -0.399 e. The van der Waals surface area contributed by atoms with Crippen molar-refractivity contribution in [2.45, 2.75) is 78.0 Å². The number of nitrogens with zero attached hydrogens (tertiary/aromatic N) is 2. The van der Waals surface area contributed by atoms with Gasteiger partial charge in [-0.25, -0.2) is 4.98 Å². The Morgan fingerprint density at radius 3 is 2.62 bits per heavy atom. The normalized spacial score (nSPS) is 23.5. The number of fused-ring (bicyclic) bond motifs is 1. The summed E-state index contributed by atoms with van der Waals surface area (Å²) >= 11 is 0. The second-order valence-corrected chi connectivity index (χ2v) is 9.83. The Kier molecular flexibility index (Phi) is 5.02. The van der Waals surface area contributed by atoms with Gasteiger partial charge < -0.3 is 19.2 Å². The van der Waals surface area contributed by atoms with Crippen LogP contribution in [0.5, 0.6) is 0 Å². The number of H-pyrrole nitrogens is 1. The molecule has 1 aromatic carbocycles. The van der Waals surface area contributed by atoms with E-state index >= 15 is 0 Å². The number of rotatable bonds is 4. The zero-order chi connectivity index (χ0) is 21.0. The number of hydrogen-bond acceptors (Lipinski definition) is 4. The molecule has 1 unspecified atom stereocenters. The van der Waals surface area contributed by atoms with Gasteiger partial charge in [-0.1, -0.05) is 19.9 Å². The highest BCUT2D eigenvalue weighted by Crippen LogP contribution is 2.37. The first-order chi connectivity index (χ1) is 13.6. The summed E-state index contributed by atoms with van der Waals surface area (Å²) in [4.78, 5) is 22.9. The van der Waals surface area contributed by atoms with Crippen molar-refractivity contribution in [2.75, 3.05) is 6.54 Å². The Labute approximate surface area is 173 Å². The Morgan fingerprint density at radius 1 is 1.28 bits per heavy atom. The number of aromatic amines is 1. The molecule has 6 nitrogen and oxygen atoms in total. The molecule has 29 heavy (non-hydrogen) atoms. The topological polar surface area (TPSA) is 67.5 Å². The van der Waals surface area contributed by atoms with Crippen LogP contribution in [0.25, 0.3) is 11.0 Å². The van der Waals surface area contributed by atoms with Crippen molar-refractivity contribution < 1.29 is 14.1 Å². The molecule has 0 radical (unpaired) electrons. The monoisotopic (exact) mass is 397 g/mol. The molecule has 0 aliphatic carbocycles. The Balaban J connectivity index is 1.58. The van der Waals surface area contributed by atoms with E-state index in [2.05, 4.69) is 52.6 Å². The molecule has 3 heterocycles. The molecule has 0 saturated carbocycles. The second kappa shape index (κ2) is 7.13. The molecule has 0 bridgehead atoms. The number of likely N-dealkylation sites (tertiary alicyclic amines) is 1. The van der Waals surface area contributed by atoms with Gasteiger partial charge in [-0.3, -0.25) is 4.79 Å². The van der Waals surface area contributed by atoms with Crippen LogP contribution < -0.4 is 5.46 Å². The smallest absolute Gasteiger partial charge is 0.399 e. The molecule has 1 aromatic heterocycles. The summed E-state index contributed by atoms with van der Waals surface area (Å²) in [6, 6.07) is 6.12. The third-order valence-corrected chi connectivity index (χ3v) is 6.52. The predicted molar refractivity (Wildman–Crippen MR) is 115 cm³/mol. The zero-order valence-corrected chi connectivity index (χ0v) is 18.4. The Bertz CT molecular complexity index is 905. The fraction of sp³-hybridized carbons (Fsp3) is 0.636. The average Bonchev–Trinajstić information content (AvgIpc) is 3.29. The third kappa shape index (κ3) is 3.70. The first-order valence-electron chi connectivity index (χ1n) is 10.7. The van der Waals surface area contributed by atoms with Gasteiger partial charge in [-0.15, -0.1) is 0 Å². The molecule has 2 aromatic rings. The molecule has 7 heteroatoms. The number of benzene rings is 1. The first-order valence-corrected chi connectivity index (χ1v) is 10.7. The molecule has 4 rings (SSSR count). The van der Waals surface area contributed by atoms with Gasteiger partial charge in [0.25, 0.3) is 0 Å². The van der Waals surface area contributed by atoms with Gasteiger partial charge in [0.15, 0.2) is 0 Å². The first kappa shape index (κ1) is 20.4. The minimum absolute atomic E-state index is 0.0361. The molecule has 1 amide bonds. The summed E-state index contributed by atoms with van der Waals surface area (Å²) in [5, 5.41) is 0. The van der Waals surface area contributed by atoms with Crippen molar-refractivity contribution in [3.63, 3.8) is 0 Å². The van der Waals surface area contributed by atoms with Crippen molar-refractivity contribution in [3.8, 4) is 0 Å². The molecule has 2 aliphatic rings. The standard InChI is InChI=1S/C22H32BN3O3/c1-14(2)12-19(27)26-11-7-8-18(26)20-24-16-10-9-15(13-17(16)25-20)23-28-21(3,4)22(5,6)29-23/h9-10,13-14,18H,7-8,11-12H2,1-6H3,(H,24,25). The third-order valence-electron chi connectivity index (χ3n) is 6.52. The quantitative estimate of drug-likeness (QED) is 0.801. The molecule has 1 atom stereocenters. The SMILES string of the molecule is CC(C)CC(=O)N1CCCC1c1nc2ccc(B3OC(C)(C)C(C)(C)O3)cc2[nH]1. The van der Waals surface area contributed by atoms with E-state index in [9.17, 15) is 4.79 Å². The van der Waals surface area contributed by atoms with Crippen LogP contribution in [0.1, 0.15) is 72.7 Å². The fourth-order valence-electron chi connectivity index (χ4n) is 4.15. The molecular formula is C22H32BN3O3. The lowest BCUT2D eigenvalue weighted by atomic mass is 9.79. The Morgan fingerprint density at radius 2 is 1.97 bits per heavy atom. The van der Waals surface area contributed by atoms with Gasteiger partial charge in [0.05, 0.1) is 28.3 Å². The van der Waals surface area contributed by atoms with Crippen molar-refractivity contribution >= 4 is 29.5 Å². The molecule has 0 spiro atoms. The number of aromatic nitrogens is 2. The van der Waals surface area contributed by atoms with Crippen LogP contribution in [0.4, 0.5) is 0 Å². The van der Waals surface area contributed by atoms with E-state index in [1.54, 1.807) is 0 Å². The van der Waals surface area contributed by atoms with Gasteiger partial charge in [0.2, 0.25) is 5.91 Å². The molecule has 1 N–H and O–H groups in total. The van der Waals surface area contributed by atoms with Gasteiger partial charge in [0.1, 0.15) is 5.82 Å². The molecular weight excluding hydrogens is 365 g/mol. The molecule has 2 saturated heterocycles. The van der Waals surface area contributed by atoms with E-state index in [0.717, 1.165) is 41.7 Å². The van der Waals surface area contributed by atoms with E-state index in [0.29, 0.717) is 12.3 Å². The highest BCUT2D eigenvalue weighted by molar-refractivity contribution is 6.62. The lowest BCUT2D eigenvalue weighted by Gasteiger charge is -2.32. The number of imidazole rings is 1. The maximum atomic E-state index is 12.7. The van der Waals surface area contributed by atoms with Crippen LogP contribution in [0, 0.1) is 5.92 Å². The van der Waals surface area contributed by atoms with Gasteiger partial charge in [0, 0.05) is 13.0 Å². The number of carbonyl (C=O) groups is 1. The maximum Gasteiger partial charge on any atom is 0.494 e. The highest BCUT2D eigenvalue weighted by Gasteiger charge is 2.51. The van der Waals surface area contributed by atoms with Crippen LogP contribution in [0.3, 0.4) is 0 Å². The number of hydrogen-bond donors (Lipinski definition) is 1. The van der Waals surface area contributed by atoms with Crippen molar-refractivity contribution in [2.24, 2.45) is 5.92 Å². The van der Waals surface area contributed by atoms with Crippen molar-refractivity contribution in [3.05, 3.63) is 24.0 Å². The van der Waals surface area contributed by atoms with Gasteiger partial charge in [-0.05, 0) is 64.1 Å². The second-order valence-electron chi connectivity index (χ2n) is 9.83. The lowest BCUT2D eigenvalue weighted by molar-refractivity contribution is -0.133. The molecule has 2 aliphatic heterocycles. The van der Waals surface area contributed by atoms with Crippen molar-refractivity contribution in [1.82, 2.24) is 14.9 Å². The summed E-state index contributed by atoms with van der Waals surface area (Å²) in [5.41, 5.74) is 2.10. The summed E-state index contributed by atoms with van der Waals surface area (Å²) in [7, 11) is -0.397. The maximum absolute atomic E-state index is 12.7. The summed E-state index contributed by atoms with van der Waals surface area (Å²) < 4.78 is 12.4.